The van der Waals surface area contributed by atoms with Gasteiger partial charge < -0.3 is 14.6 Å². The second kappa shape index (κ2) is 11.1. The molecule has 186 valence electrons. The molecule has 1 aliphatic rings. The van der Waals surface area contributed by atoms with Gasteiger partial charge in [0.15, 0.2) is 0 Å². The summed E-state index contributed by atoms with van der Waals surface area (Å²) in [6.07, 6.45) is 3.19. The summed E-state index contributed by atoms with van der Waals surface area (Å²) in [6, 6.07) is 20.7. The van der Waals surface area contributed by atoms with Crippen LogP contribution in [0.5, 0.6) is 11.5 Å². The number of anilines is 1. The third-order valence-corrected chi connectivity index (χ3v) is 6.31. The average molecular weight is 486 g/mol. The maximum absolute atomic E-state index is 13.3. The number of nitrogens with zero attached hydrogens (tertiary/aromatic N) is 1. The predicted octanol–water partition coefficient (Wildman–Crippen LogP) is 6.20. The third kappa shape index (κ3) is 5.13. The molecule has 3 aromatic rings. The Morgan fingerprint density at radius 2 is 1.67 bits per heavy atom. The van der Waals surface area contributed by atoms with E-state index >= 15 is 0 Å². The van der Waals surface area contributed by atoms with E-state index in [1.807, 2.05) is 25.1 Å². The molecule has 0 bridgehead atoms. The summed E-state index contributed by atoms with van der Waals surface area (Å²) in [5, 5.41) is 11.3. The van der Waals surface area contributed by atoms with Crippen LogP contribution in [0, 0.1) is 6.92 Å². The number of hydrogen-bond acceptors (Lipinski definition) is 5. The van der Waals surface area contributed by atoms with Gasteiger partial charge in [0.2, 0.25) is 0 Å². The summed E-state index contributed by atoms with van der Waals surface area (Å²) < 4.78 is 11.2. The number of unbranched alkanes of at least 4 members (excludes halogenated alkanes) is 2. The van der Waals surface area contributed by atoms with Crippen LogP contribution >= 0.6 is 0 Å². The second-order valence-corrected chi connectivity index (χ2v) is 8.86. The number of aliphatic hydroxyl groups is 1. The van der Waals surface area contributed by atoms with Gasteiger partial charge in [-0.3, -0.25) is 14.5 Å². The molecule has 0 aromatic heterocycles. The number of Topliss-reactive ketones (excluding diaryl/α,β-unsaturated/α-hetero) is 1. The first-order chi connectivity index (χ1) is 17.4. The molecule has 1 fully saturated rings. The van der Waals surface area contributed by atoms with Crippen molar-refractivity contribution in [3.8, 4) is 11.5 Å². The zero-order valence-electron chi connectivity index (χ0n) is 20.9. The van der Waals surface area contributed by atoms with Crippen LogP contribution in [-0.2, 0) is 9.59 Å². The molecule has 6 heteroatoms. The number of ether oxygens (including phenoxy) is 2. The van der Waals surface area contributed by atoms with E-state index in [2.05, 4.69) is 6.92 Å². The van der Waals surface area contributed by atoms with Gasteiger partial charge in [-0.25, -0.2) is 0 Å². The van der Waals surface area contributed by atoms with E-state index < -0.39 is 17.7 Å². The Morgan fingerprint density at radius 1 is 0.944 bits per heavy atom. The average Bonchev–Trinajstić information content (AvgIpc) is 3.17. The van der Waals surface area contributed by atoms with Gasteiger partial charge in [-0.1, -0.05) is 49.6 Å². The molecule has 1 aliphatic heterocycles. The molecular weight excluding hydrogens is 454 g/mol. The van der Waals surface area contributed by atoms with E-state index in [1.165, 1.54) is 4.90 Å². The summed E-state index contributed by atoms with van der Waals surface area (Å²) in [6.45, 7) is 4.71. The van der Waals surface area contributed by atoms with E-state index in [0.717, 1.165) is 24.8 Å². The zero-order chi connectivity index (χ0) is 25.7. The lowest BCUT2D eigenvalue weighted by atomic mass is 9.95. The molecule has 6 nitrogen and oxygen atoms in total. The summed E-state index contributed by atoms with van der Waals surface area (Å²) in [7, 11) is 1.56. The number of amides is 1. The lowest BCUT2D eigenvalue weighted by Crippen LogP contribution is -2.29. The Hall–Kier alpha value is -4.06. The molecule has 3 aromatic carbocycles. The van der Waals surface area contributed by atoms with Crippen LogP contribution in [0.4, 0.5) is 5.69 Å². The van der Waals surface area contributed by atoms with Gasteiger partial charge in [0.25, 0.3) is 11.7 Å². The second-order valence-electron chi connectivity index (χ2n) is 8.86. The molecule has 1 saturated heterocycles. The van der Waals surface area contributed by atoms with E-state index in [1.54, 1.807) is 61.7 Å². The number of hydrogen-bond donors (Lipinski definition) is 1. The molecule has 0 aliphatic carbocycles. The normalized spacial score (nSPS) is 16.9. The van der Waals surface area contributed by atoms with Crippen molar-refractivity contribution in [2.45, 2.75) is 39.2 Å². The van der Waals surface area contributed by atoms with Crippen molar-refractivity contribution in [2.75, 3.05) is 18.6 Å². The van der Waals surface area contributed by atoms with Gasteiger partial charge in [0, 0.05) is 11.3 Å². The van der Waals surface area contributed by atoms with Crippen LogP contribution in [0.2, 0.25) is 0 Å². The van der Waals surface area contributed by atoms with Crippen LogP contribution in [0.15, 0.2) is 78.4 Å². The Morgan fingerprint density at radius 3 is 2.33 bits per heavy atom. The molecule has 0 spiro atoms. The number of aryl methyl sites for hydroxylation is 1. The number of benzene rings is 3. The minimum atomic E-state index is -0.812. The predicted molar refractivity (Wildman–Crippen MR) is 140 cm³/mol. The van der Waals surface area contributed by atoms with Crippen molar-refractivity contribution in [1.82, 2.24) is 0 Å². The summed E-state index contributed by atoms with van der Waals surface area (Å²) in [5.41, 5.74) is 2.73. The standard InChI is InChI=1S/C30H31NO5/c1-4-5-6-18-36-24-16-12-21(13-17-24)28(32)26-27(22-8-7-9-25(19-22)35-3)31(30(34)29(26)33)23-14-10-20(2)11-15-23/h7-17,19,27,32H,4-6,18H2,1-3H3/b28-26-. The summed E-state index contributed by atoms with van der Waals surface area (Å²) >= 11 is 0. The van der Waals surface area contributed by atoms with Gasteiger partial charge in [-0.15, -0.1) is 0 Å². The monoisotopic (exact) mass is 485 g/mol. The number of carbonyl (C=O) groups is 2. The topological polar surface area (TPSA) is 76.1 Å². The molecule has 0 radical (unpaired) electrons. The smallest absolute Gasteiger partial charge is 0.300 e. The van der Waals surface area contributed by atoms with Crippen LogP contribution in [-0.4, -0.2) is 30.5 Å². The molecular formula is C30H31NO5. The number of rotatable bonds is 9. The van der Waals surface area contributed by atoms with Crippen molar-refractivity contribution in [1.29, 1.82) is 0 Å². The number of ketones is 1. The first-order valence-corrected chi connectivity index (χ1v) is 12.2. The molecule has 36 heavy (non-hydrogen) atoms. The van der Waals surface area contributed by atoms with Crippen molar-refractivity contribution in [3.63, 3.8) is 0 Å². The molecule has 1 heterocycles. The highest BCUT2D eigenvalue weighted by molar-refractivity contribution is 6.51. The minimum Gasteiger partial charge on any atom is -0.507 e. The Bertz CT molecular complexity index is 1260. The van der Waals surface area contributed by atoms with Crippen molar-refractivity contribution < 1.29 is 24.2 Å². The largest absolute Gasteiger partial charge is 0.507 e. The van der Waals surface area contributed by atoms with Crippen LogP contribution in [0.3, 0.4) is 0 Å². The fourth-order valence-corrected chi connectivity index (χ4v) is 4.34. The molecule has 4 rings (SSSR count). The molecule has 0 saturated carbocycles. The number of aliphatic hydroxyl groups excluding tert-OH is 1. The molecule has 1 atom stereocenters. The van der Waals surface area contributed by atoms with Gasteiger partial charge in [0.05, 0.1) is 25.3 Å². The highest BCUT2D eigenvalue weighted by Crippen LogP contribution is 2.43. The van der Waals surface area contributed by atoms with Crippen LogP contribution in [0.25, 0.3) is 5.76 Å². The highest BCUT2D eigenvalue weighted by Gasteiger charge is 2.47. The maximum atomic E-state index is 13.3. The van der Waals surface area contributed by atoms with Gasteiger partial charge in [-0.05, 0) is 67.4 Å². The van der Waals surface area contributed by atoms with Gasteiger partial charge >= 0.3 is 0 Å². The maximum Gasteiger partial charge on any atom is 0.300 e. The van der Waals surface area contributed by atoms with Gasteiger partial charge in [-0.2, -0.15) is 0 Å². The summed E-state index contributed by atoms with van der Waals surface area (Å²) in [4.78, 5) is 28.0. The quantitative estimate of drug-likeness (QED) is 0.169. The van der Waals surface area contributed by atoms with Gasteiger partial charge in [0.1, 0.15) is 17.3 Å². The van der Waals surface area contributed by atoms with E-state index in [0.29, 0.717) is 34.9 Å². The zero-order valence-corrected chi connectivity index (χ0v) is 20.9. The first kappa shape index (κ1) is 25.0. The minimum absolute atomic E-state index is 0.0328. The van der Waals surface area contributed by atoms with E-state index in [-0.39, 0.29) is 11.3 Å². The van der Waals surface area contributed by atoms with Crippen molar-refractivity contribution >= 4 is 23.1 Å². The SMILES string of the molecule is CCCCCOc1ccc(/C(O)=C2/C(=O)C(=O)N(c3ccc(C)cc3)C2c2cccc(OC)c2)cc1. The Labute approximate surface area is 211 Å². The van der Waals surface area contributed by atoms with Crippen LogP contribution in [0.1, 0.15) is 48.9 Å². The lowest BCUT2D eigenvalue weighted by molar-refractivity contribution is -0.132. The number of carbonyl (C=O) groups excluding carboxylic acids is 2. The fraction of sp³-hybridized carbons (Fsp3) is 0.267. The lowest BCUT2D eigenvalue weighted by Gasteiger charge is -2.26. The third-order valence-electron chi connectivity index (χ3n) is 6.31. The first-order valence-electron chi connectivity index (χ1n) is 12.2. The van der Waals surface area contributed by atoms with E-state index in [9.17, 15) is 14.7 Å². The Balaban J connectivity index is 1.77. The Kier molecular flexibility index (Phi) is 7.74. The highest BCUT2D eigenvalue weighted by atomic mass is 16.5. The summed E-state index contributed by atoms with van der Waals surface area (Å²) in [5.74, 6) is -0.378. The number of methoxy groups -OCH3 is 1. The molecule has 1 amide bonds. The molecule has 1 N–H and O–H groups in total. The van der Waals surface area contributed by atoms with Crippen molar-refractivity contribution in [2.24, 2.45) is 0 Å². The van der Waals surface area contributed by atoms with E-state index in [4.69, 9.17) is 9.47 Å². The van der Waals surface area contributed by atoms with Crippen LogP contribution < -0.4 is 14.4 Å². The van der Waals surface area contributed by atoms with Crippen molar-refractivity contribution in [3.05, 3.63) is 95.1 Å². The fourth-order valence-electron chi connectivity index (χ4n) is 4.34. The molecule has 1 unspecified atom stereocenters.